The van der Waals surface area contributed by atoms with E-state index >= 15 is 0 Å². The normalized spacial score (nSPS) is 12.9. The van der Waals surface area contributed by atoms with Gasteiger partial charge in [-0.3, -0.25) is 4.98 Å². The summed E-state index contributed by atoms with van der Waals surface area (Å²) in [7, 11) is 1.71. The first-order chi connectivity index (χ1) is 13.3. The van der Waals surface area contributed by atoms with Crippen molar-refractivity contribution in [3.05, 3.63) is 58.6 Å². The fraction of sp³-hybridized carbons (Fsp3) is 0.278. The molecule has 0 saturated carbocycles. The Bertz CT molecular complexity index is 979. The van der Waals surface area contributed by atoms with Crippen LogP contribution in [0.2, 0.25) is 5.02 Å². The highest BCUT2D eigenvalue weighted by Gasteiger charge is 2.34. The molecule has 0 bridgehead atoms. The molecule has 6 nitrogen and oxygen atoms in total. The number of nitrogens with zero attached hydrogens (tertiary/aromatic N) is 3. The van der Waals surface area contributed by atoms with Gasteiger partial charge >= 0.3 is 6.18 Å². The van der Waals surface area contributed by atoms with Gasteiger partial charge < -0.3 is 16.4 Å². The van der Waals surface area contributed by atoms with E-state index < -0.39 is 17.8 Å². The van der Waals surface area contributed by atoms with Crippen molar-refractivity contribution in [2.75, 3.05) is 18.9 Å². The minimum atomic E-state index is -4.54. The van der Waals surface area contributed by atoms with Crippen LogP contribution in [0.1, 0.15) is 22.9 Å². The molecule has 1 atom stereocenters. The van der Waals surface area contributed by atoms with E-state index in [-0.39, 0.29) is 11.6 Å². The van der Waals surface area contributed by atoms with Gasteiger partial charge in [-0.15, -0.1) is 0 Å². The summed E-state index contributed by atoms with van der Waals surface area (Å²) < 4.78 is 39.7. The number of hydrogen-bond acceptors (Lipinski definition) is 6. The zero-order valence-corrected chi connectivity index (χ0v) is 15.6. The zero-order chi connectivity index (χ0) is 20.3. The number of nitrogens with two attached hydrogens (primary N) is 1. The Hall–Kier alpha value is -2.49. The van der Waals surface area contributed by atoms with Crippen LogP contribution in [0.5, 0.6) is 0 Å². The molecule has 0 aliphatic rings. The number of anilines is 1. The molecule has 4 N–H and O–H groups in total. The first-order valence-electron chi connectivity index (χ1n) is 8.41. The summed E-state index contributed by atoms with van der Waals surface area (Å²) in [5, 5.41) is 6.52. The van der Waals surface area contributed by atoms with E-state index in [1.165, 1.54) is 12.4 Å². The SMILES string of the molecule is CNC[C@@H](Nc1ncnc2c(CN)nccc12)c1ccc(Cl)c(C(F)(F)F)c1. The van der Waals surface area contributed by atoms with Crippen molar-refractivity contribution in [3.63, 3.8) is 0 Å². The zero-order valence-electron chi connectivity index (χ0n) is 14.9. The highest BCUT2D eigenvalue weighted by molar-refractivity contribution is 6.31. The Balaban J connectivity index is 2.03. The summed E-state index contributed by atoms with van der Waals surface area (Å²) in [6.45, 7) is 0.569. The highest BCUT2D eigenvalue weighted by Crippen LogP contribution is 2.36. The van der Waals surface area contributed by atoms with Gasteiger partial charge in [0.25, 0.3) is 0 Å². The predicted octanol–water partition coefficient (Wildman–Crippen LogP) is 3.53. The molecule has 0 amide bonds. The number of halogens is 4. The first kappa shape index (κ1) is 20.2. The first-order valence-corrected chi connectivity index (χ1v) is 8.79. The van der Waals surface area contributed by atoms with Crippen LogP contribution < -0.4 is 16.4 Å². The van der Waals surface area contributed by atoms with E-state index in [1.807, 2.05) is 0 Å². The van der Waals surface area contributed by atoms with Crippen molar-refractivity contribution in [2.24, 2.45) is 5.73 Å². The monoisotopic (exact) mass is 410 g/mol. The maximum Gasteiger partial charge on any atom is 0.417 e. The summed E-state index contributed by atoms with van der Waals surface area (Å²) in [5.74, 6) is 0.478. The summed E-state index contributed by atoms with van der Waals surface area (Å²) in [5.41, 5.74) is 6.45. The molecule has 0 aliphatic heterocycles. The molecule has 2 heterocycles. The second kappa shape index (κ2) is 8.26. The molecule has 3 rings (SSSR count). The smallest absolute Gasteiger partial charge is 0.361 e. The number of hydrogen-bond donors (Lipinski definition) is 3. The van der Waals surface area contributed by atoms with E-state index in [1.54, 1.807) is 25.4 Å². The molecule has 0 radical (unpaired) electrons. The molecular formula is C18H18ClF3N6. The van der Waals surface area contributed by atoms with Gasteiger partial charge in [-0.25, -0.2) is 9.97 Å². The minimum absolute atomic E-state index is 0.208. The van der Waals surface area contributed by atoms with E-state index in [4.69, 9.17) is 17.3 Å². The third kappa shape index (κ3) is 4.16. The number of pyridine rings is 1. The lowest BCUT2D eigenvalue weighted by atomic mass is 10.0. The number of benzene rings is 1. The van der Waals surface area contributed by atoms with Crippen LogP contribution in [-0.2, 0) is 12.7 Å². The maximum absolute atomic E-state index is 13.2. The number of alkyl halides is 3. The lowest BCUT2D eigenvalue weighted by Gasteiger charge is -2.22. The topological polar surface area (TPSA) is 88.8 Å². The third-order valence-corrected chi connectivity index (χ3v) is 4.57. The molecule has 28 heavy (non-hydrogen) atoms. The molecule has 0 spiro atoms. The Morgan fingerprint density at radius 2 is 1.96 bits per heavy atom. The lowest BCUT2D eigenvalue weighted by molar-refractivity contribution is -0.137. The Kier molecular flexibility index (Phi) is 5.97. The van der Waals surface area contributed by atoms with Crippen molar-refractivity contribution < 1.29 is 13.2 Å². The van der Waals surface area contributed by atoms with Gasteiger partial charge in [0.05, 0.1) is 27.8 Å². The summed E-state index contributed by atoms with van der Waals surface area (Å²) in [6.07, 6.45) is -1.58. The highest BCUT2D eigenvalue weighted by atomic mass is 35.5. The number of nitrogens with one attached hydrogen (secondary N) is 2. The lowest BCUT2D eigenvalue weighted by Crippen LogP contribution is -2.24. The number of aromatic nitrogens is 3. The Labute approximate surface area is 164 Å². The van der Waals surface area contributed by atoms with Crippen LogP contribution in [0.15, 0.2) is 36.8 Å². The second-order valence-corrected chi connectivity index (χ2v) is 6.48. The molecule has 0 saturated heterocycles. The van der Waals surface area contributed by atoms with E-state index in [0.29, 0.717) is 34.5 Å². The van der Waals surface area contributed by atoms with Crippen molar-refractivity contribution in [2.45, 2.75) is 18.8 Å². The summed E-state index contributed by atoms with van der Waals surface area (Å²) in [6, 6.07) is 5.10. The minimum Gasteiger partial charge on any atom is -0.361 e. The van der Waals surface area contributed by atoms with Gasteiger partial charge in [0.1, 0.15) is 12.1 Å². The van der Waals surface area contributed by atoms with Crippen LogP contribution in [0, 0.1) is 0 Å². The van der Waals surface area contributed by atoms with Crippen molar-refractivity contribution >= 4 is 28.3 Å². The fourth-order valence-electron chi connectivity index (χ4n) is 2.91. The van der Waals surface area contributed by atoms with E-state index in [0.717, 1.165) is 6.07 Å². The molecule has 0 unspecified atom stereocenters. The van der Waals surface area contributed by atoms with E-state index in [2.05, 4.69) is 25.6 Å². The molecule has 0 fully saturated rings. The molecule has 3 aromatic rings. The largest absolute Gasteiger partial charge is 0.417 e. The molecule has 10 heteroatoms. The van der Waals surface area contributed by atoms with Gasteiger partial charge in [-0.2, -0.15) is 13.2 Å². The van der Waals surface area contributed by atoms with Crippen LogP contribution in [0.3, 0.4) is 0 Å². The van der Waals surface area contributed by atoms with Crippen molar-refractivity contribution in [3.8, 4) is 0 Å². The van der Waals surface area contributed by atoms with E-state index in [9.17, 15) is 13.2 Å². The number of fused-ring (bicyclic) bond motifs is 1. The standard InChI is InChI=1S/C18H18ClF3N6/c1-24-8-15(10-2-3-13(19)12(6-10)18(20,21)22)28-17-11-4-5-25-14(7-23)16(11)26-9-27-17/h2-6,9,15,24H,7-8,23H2,1H3,(H,26,27,28)/t15-/m1/s1. The molecule has 2 aromatic heterocycles. The third-order valence-electron chi connectivity index (χ3n) is 4.24. The van der Waals surface area contributed by atoms with Crippen LogP contribution in [-0.4, -0.2) is 28.5 Å². The van der Waals surface area contributed by atoms with Gasteiger partial charge in [-0.05, 0) is 30.8 Å². The van der Waals surface area contributed by atoms with Crippen LogP contribution in [0.4, 0.5) is 19.0 Å². The van der Waals surface area contributed by atoms with Crippen LogP contribution in [0.25, 0.3) is 10.9 Å². The fourth-order valence-corrected chi connectivity index (χ4v) is 3.13. The molecule has 1 aromatic carbocycles. The average molecular weight is 411 g/mol. The van der Waals surface area contributed by atoms with Crippen molar-refractivity contribution in [1.29, 1.82) is 0 Å². The molecular weight excluding hydrogens is 393 g/mol. The number of likely N-dealkylation sites (N-methyl/N-ethyl adjacent to an activating group) is 1. The Morgan fingerprint density at radius 1 is 1.18 bits per heavy atom. The van der Waals surface area contributed by atoms with Gasteiger partial charge in [0.2, 0.25) is 0 Å². The predicted molar refractivity (Wildman–Crippen MR) is 102 cm³/mol. The van der Waals surface area contributed by atoms with Gasteiger partial charge in [0, 0.05) is 24.7 Å². The van der Waals surface area contributed by atoms with Crippen molar-refractivity contribution in [1.82, 2.24) is 20.3 Å². The molecule has 148 valence electrons. The number of rotatable bonds is 6. The second-order valence-electron chi connectivity index (χ2n) is 6.07. The summed E-state index contributed by atoms with van der Waals surface area (Å²) in [4.78, 5) is 12.7. The summed E-state index contributed by atoms with van der Waals surface area (Å²) >= 11 is 5.74. The van der Waals surface area contributed by atoms with Crippen LogP contribution >= 0.6 is 11.6 Å². The average Bonchev–Trinajstić information content (AvgIpc) is 2.67. The van der Waals surface area contributed by atoms with Gasteiger partial charge in [0.15, 0.2) is 0 Å². The molecule has 0 aliphatic carbocycles. The maximum atomic E-state index is 13.2. The quantitative estimate of drug-likeness (QED) is 0.576. The van der Waals surface area contributed by atoms with Gasteiger partial charge in [-0.1, -0.05) is 17.7 Å². The Morgan fingerprint density at radius 3 is 2.64 bits per heavy atom.